The monoisotopic (exact) mass is 533 g/mol. The molecule has 11 heteroatoms. The summed E-state index contributed by atoms with van der Waals surface area (Å²) >= 11 is 12.5. The van der Waals surface area contributed by atoms with Crippen LogP contribution in [0.15, 0.2) is 76.7 Å². The summed E-state index contributed by atoms with van der Waals surface area (Å²) in [7, 11) is -4.09. The van der Waals surface area contributed by atoms with Crippen LogP contribution in [0.3, 0.4) is 0 Å². The number of nitrogens with one attached hydrogen (secondary N) is 1. The molecule has 0 fully saturated rings. The van der Waals surface area contributed by atoms with Gasteiger partial charge in [-0.15, -0.1) is 0 Å². The molecule has 35 heavy (non-hydrogen) atoms. The van der Waals surface area contributed by atoms with E-state index in [1.807, 2.05) is 6.92 Å². The molecule has 0 aliphatic carbocycles. The lowest BCUT2D eigenvalue weighted by Gasteiger charge is -2.22. The Hall–Kier alpha value is -3.24. The molecule has 3 aromatic carbocycles. The summed E-state index contributed by atoms with van der Waals surface area (Å²) in [4.78, 5) is 23.6. The normalized spacial score (nSPS) is 11.7. The van der Waals surface area contributed by atoms with E-state index in [1.54, 1.807) is 30.3 Å². The number of rotatable bonds is 9. The standard InChI is InChI=1S/C24H21Cl2N3O5S/c1-16-5-11-19(12-6-16)35(33,34)29(14-20-21(25)3-2-4-22(20)26)15-23(30)28-27-13-17-7-9-18(10-8-17)24(31)32/h2-13H,14-15H2,1H3,(H,28,30)(H,31,32)/b27-13-. The average molecular weight is 534 g/mol. The molecule has 0 spiro atoms. The minimum absolute atomic E-state index is 0.0149. The molecule has 0 aliphatic heterocycles. The van der Waals surface area contributed by atoms with Gasteiger partial charge in [0, 0.05) is 22.2 Å². The van der Waals surface area contributed by atoms with Gasteiger partial charge in [0.25, 0.3) is 5.91 Å². The van der Waals surface area contributed by atoms with Crippen LogP contribution in [0.1, 0.15) is 27.0 Å². The first-order valence-electron chi connectivity index (χ1n) is 10.2. The maximum Gasteiger partial charge on any atom is 0.335 e. The Morgan fingerprint density at radius 1 is 1.00 bits per heavy atom. The van der Waals surface area contributed by atoms with Crippen LogP contribution < -0.4 is 5.43 Å². The molecule has 0 heterocycles. The molecule has 0 aliphatic rings. The molecule has 0 bridgehead atoms. The first kappa shape index (κ1) is 26.4. The van der Waals surface area contributed by atoms with Gasteiger partial charge >= 0.3 is 5.97 Å². The van der Waals surface area contributed by atoms with E-state index in [-0.39, 0.29) is 27.0 Å². The zero-order valence-electron chi connectivity index (χ0n) is 18.5. The number of nitrogens with zero attached hydrogens (tertiary/aromatic N) is 2. The number of amides is 1. The number of benzene rings is 3. The fourth-order valence-electron chi connectivity index (χ4n) is 3.03. The van der Waals surface area contributed by atoms with Gasteiger partial charge in [-0.1, -0.05) is 59.1 Å². The van der Waals surface area contributed by atoms with E-state index in [9.17, 15) is 18.0 Å². The molecular formula is C24H21Cl2N3O5S. The second-order valence-electron chi connectivity index (χ2n) is 7.51. The van der Waals surface area contributed by atoms with Crippen LogP contribution in [0.25, 0.3) is 0 Å². The van der Waals surface area contributed by atoms with Gasteiger partial charge in [0.2, 0.25) is 10.0 Å². The van der Waals surface area contributed by atoms with E-state index in [2.05, 4.69) is 10.5 Å². The first-order chi connectivity index (χ1) is 16.6. The van der Waals surface area contributed by atoms with E-state index in [4.69, 9.17) is 28.3 Å². The number of sulfonamides is 1. The molecule has 0 saturated heterocycles. The van der Waals surface area contributed by atoms with Crippen molar-refractivity contribution in [3.8, 4) is 0 Å². The Labute approximate surface area is 212 Å². The molecule has 8 nitrogen and oxygen atoms in total. The number of carboxylic acids is 1. The molecule has 3 rings (SSSR count). The summed E-state index contributed by atoms with van der Waals surface area (Å²) in [6, 6.07) is 16.9. The minimum Gasteiger partial charge on any atom is -0.478 e. The molecule has 1 amide bonds. The Balaban J connectivity index is 1.81. The lowest BCUT2D eigenvalue weighted by atomic mass is 10.1. The Kier molecular flexibility index (Phi) is 8.63. The Morgan fingerprint density at radius 3 is 2.17 bits per heavy atom. The van der Waals surface area contributed by atoms with Gasteiger partial charge in [-0.3, -0.25) is 4.79 Å². The zero-order chi connectivity index (χ0) is 25.6. The highest BCUT2D eigenvalue weighted by molar-refractivity contribution is 7.89. The summed E-state index contributed by atoms with van der Waals surface area (Å²) in [5, 5.41) is 13.3. The number of hydrazone groups is 1. The largest absolute Gasteiger partial charge is 0.478 e. The van der Waals surface area contributed by atoms with Crippen LogP contribution in [0, 0.1) is 6.92 Å². The summed E-state index contributed by atoms with van der Waals surface area (Å²) in [5.74, 6) is -1.75. The van der Waals surface area contributed by atoms with Crippen molar-refractivity contribution < 1.29 is 23.1 Å². The third-order valence-electron chi connectivity index (χ3n) is 4.94. The maximum atomic E-state index is 13.4. The van der Waals surface area contributed by atoms with E-state index in [0.717, 1.165) is 9.87 Å². The maximum absolute atomic E-state index is 13.4. The van der Waals surface area contributed by atoms with Crippen molar-refractivity contribution in [1.29, 1.82) is 0 Å². The van der Waals surface area contributed by atoms with Crippen LogP contribution in [-0.2, 0) is 21.4 Å². The first-order valence-corrected chi connectivity index (χ1v) is 12.4. The molecule has 0 aromatic heterocycles. The SMILES string of the molecule is Cc1ccc(S(=O)(=O)N(CC(=O)N/N=C\c2ccc(C(=O)O)cc2)Cc2c(Cl)cccc2Cl)cc1. The van der Waals surface area contributed by atoms with Crippen molar-refractivity contribution in [1.82, 2.24) is 9.73 Å². The number of carboxylic acid groups (broad SMARTS) is 1. The highest BCUT2D eigenvalue weighted by Crippen LogP contribution is 2.28. The van der Waals surface area contributed by atoms with Gasteiger partial charge < -0.3 is 5.11 Å². The second-order valence-corrected chi connectivity index (χ2v) is 10.3. The smallest absolute Gasteiger partial charge is 0.335 e. The Morgan fingerprint density at radius 2 is 1.60 bits per heavy atom. The second kappa shape index (κ2) is 11.5. The molecule has 0 atom stereocenters. The van der Waals surface area contributed by atoms with Crippen molar-refractivity contribution in [2.75, 3.05) is 6.54 Å². The van der Waals surface area contributed by atoms with E-state index < -0.39 is 28.4 Å². The lowest BCUT2D eigenvalue weighted by Crippen LogP contribution is -2.39. The van der Waals surface area contributed by atoms with Crippen molar-refractivity contribution in [3.05, 3.63) is 99.0 Å². The van der Waals surface area contributed by atoms with Gasteiger partial charge in [0.15, 0.2) is 0 Å². The van der Waals surface area contributed by atoms with Crippen molar-refractivity contribution in [3.63, 3.8) is 0 Å². The molecule has 2 N–H and O–H groups in total. The van der Waals surface area contributed by atoms with E-state index >= 15 is 0 Å². The number of hydrogen-bond acceptors (Lipinski definition) is 5. The topological polar surface area (TPSA) is 116 Å². The molecule has 182 valence electrons. The molecular weight excluding hydrogens is 513 g/mol. The van der Waals surface area contributed by atoms with Crippen molar-refractivity contribution in [2.45, 2.75) is 18.4 Å². The minimum atomic E-state index is -4.09. The van der Waals surface area contributed by atoms with Gasteiger partial charge in [0.1, 0.15) is 0 Å². The van der Waals surface area contributed by atoms with Crippen LogP contribution in [0.5, 0.6) is 0 Å². The lowest BCUT2D eigenvalue weighted by molar-refractivity contribution is -0.121. The van der Waals surface area contributed by atoms with Crippen LogP contribution in [0.2, 0.25) is 10.0 Å². The number of aromatic carboxylic acids is 1. The van der Waals surface area contributed by atoms with E-state index in [1.165, 1.54) is 42.6 Å². The number of halogens is 2. The predicted molar refractivity (Wildman–Crippen MR) is 134 cm³/mol. The third kappa shape index (κ3) is 6.89. The summed E-state index contributed by atoms with van der Waals surface area (Å²) in [6.45, 7) is 1.05. The summed E-state index contributed by atoms with van der Waals surface area (Å²) < 4.78 is 27.7. The zero-order valence-corrected chi connectivity index (χ0v) is 20.8. The van der Waals surface area contributed by atoms with Crippen LogP contribution >= 0.6 is 23.2 Å². The van der Waals surface area contributed by atoms with Crippen LogP contribution in [0.4, 0.5) is 0 Å². The van der Waals surface area contributed by atoms with E-state index in [0.29, 0.717) is 11.1 Å². The third-order valence-corrected chi connectivity index (χ3v) is 7.45. The van der Waals surface area contributed by atoms with Gasteiger partial charge in [-0.05, 0) is 48.9 Å². The summed E-state index contributed by atoms with van der Waals surface area (Å²) in [6.07, 6.45) is 1.31. The number of carbonyl (C=O) groups is 2. The predicted octanol–water partition coefficient (Wildman–Crippen LogP) is 4.34. The van der Waals surface area contributed by atoms with Gasteiger partial charge in [0.05, 0.1) is 23.2 Å². The molecule has 0 unspecified atom stereocenters. The summed E-state index contributed by atoms with van der Waals surface area (Å²) in [5.41, 5.74) is 4.19. The van der Waals surface area contributed by atoms with Crippen LogP contribution in [-0.4, -0.2) is 42.5 Å². The molecule has 0 saturated carbocycles. The molecule has 0 radical (unpaired) electrons. The molecule has 3 aromatic rings. The quantitative estimate of drug-likeness (QED) is 0.313. The van der Waals surface area contributed by atoms with Crippen molar-refractivity contribution in [2.24, 2.45) is 5.10 Å². The number of hydrogen-bond donors (Lipinski definition) is 2. The number of aryl methyl sites for hydroxylation is 1. The Bertz CT molecular complexity index is 1340. The highest BCUT2D eigenvalue weighted by atomic mass is 35.5. The average Bonchev–Trinajstić information content (AvgIpc) is 2.81. The van der Waals surface area contributed by atoms with Gasteiger partial charge in [-0.2, -0.15) is 9.41 Å². The fourth-order valence-corrected chi connectivity index (χ4v) is 4.91. The fraction of sp³-hybridized carbons (Fsp3) is 0.125. The van der Waals surface area contributed by atoms with Crippen molar-refractivity contribution >= 4 is 51.3 Å². The highest BCUT2D eigenvalue weighted by Gasteiger charge is 2.28. The van der Waals surface area contributed by atoms with Gasteiger partial charge in [-0.25, -0.2) is 18.6 Å². The number of carbonyl (C=O) groups excluding carboxylic acids is 1.